The molecule has 0 aliphatic rings. The lowest BCUT2D eigenvalue weighted by Gasteiger charge is -2.15. The maximum atomic E-state index is 12.7. The summed E-state index contributed by atoms with van der Waals surface area (Å²) in [7, 11) is 1.56. The van der Waals surface area contributed by atoms with Gasteiger partial charge in [-0.3, -0.25) is 4.79 Å². The SMILES string of the molecule is COCCNC(=O)c1cc(Nc2c(C)cc(/C=C/C#N)cc2C)nc(Nc2ccc(C#N)cc2)n1. The van der Waals surface area contributed by atoms with E-state index in [0.29, 0.717) is 30.2 Å². The smallest absolute Gasteiger partial charge is 0.270 e. The molecule has 0 saturated carbocycles. The number of hydrogen-bond acceptors (Lipinski definition) is 8. The Hall–Kier alpha value is -4.73. The largest absolute Gasteiger partial charge is 0.383 e. The van der Waals surface area contributed by atoms with Crippen LogP contribution in [0.4, 0.5) is 23.1 Å². The highest BCUT2D eigenvalue weighted by atomic mass is 16.5. The topological polar surface area (TPSA) is 136 Å². The van der Waals surface area contributed by atoms with Gasteiger partial charge in [0.2, 0.25) is 5.95 Å². The summed E-state index contributed by atoms with van der Waals surface area (Å²) < 4.78 is 5.00. The van der Waals surface area contributed by atoms with Gasteiger partial charge in [0.15, 0.2) is 0 Å². The van der Waals surface area contributed by atoms with Crippen LogP contribution >= 0.6 is 0 Å². The van der Waals surface area contributed by atoms with Crippen LogP contribution in [0, 0.1) is 36.5 Å². The normalized spacial score (nSPS) is 10.4. The molecule has 3 rings (SSSR count). The monoisotopic (exact) mass is 467 g/mol. The number of anilines is 4. The highest BCUT2D eigenvalue weighted by Crippen LogP contribution is 2.27. The van der Waals surface area contributed by atoms with Crippen molar-refractivity contribution in [3.63, 3.8) is 0 Å². The van der Waals surface area contributed by atoms with Crippen LogP contribution in [0.15, 0.2) is 48.5 Å². The van der Waals surface area contributed by atoms with Crippen molar-refractivity contribution in [2.45, 2.75) is 13.8 Å². The minimum absolute atomic E-state index is 0.179. The molecule has 35 heavy (non-hydrogen) atoms. The van der Waals surface area contributed by atoms with Crippen LogP contribution in [0.25, 0.3) is 6.08 Å². The predicted molar refractivity (Wildman–Crippen MR) is 135 cm³/mol. The summed E-state index contributed by atoms with van der Waals surface area (Å²) in [5.74, 6) is 0.292. The van der Waals surface area contributed by atoms with Gasteiger partial charge >= 0.3 is 0 Å². The van der Waals surface area contributed by atoms with Crippen molar-refractivity contribution in [3.8, 4) is 12.1 Å². The van der Waals surface area contributed by atoms with Crippen LogP contribution in [-0.2, 0) is 4.74 Å². The summed E-state index contributed by atoms with van der Waals surface area (Å²) >= 11 is 0. The maximum absolute atomic E-state index is 12.7. The number of hydrogen-bond donors (Lipinski definition) is 3. The number of nitrogens with one attached hydrogen (secondary N) is 3. The van der Waals surface area contributed by atoms with Crippen LogP contribution < -0.4 is 16.0 Å². The third-order valence-corrected chi connectivity index (χ3v) is 4.98. The van der Waals surface area contributed by atoms with Crippen molar-refractivity contribution in [3.05, 3.63) is 76.5 Å². The number of carbonyl (C=O) groups excluding carboxylic acids is 1. The fourth-order valence-corrected chi connectivity index (χ4v) is 3.35. The first-order valence-electron chi connectivity index (χ1n) is 10.8. The molecular weight excluding hydrogens is 442 g/mol. The van der Waals surface area contributed by atoms with Crippen LogP contribution in [0.5, 0.6) is 0 Å². The maximum Gasteiger partial charge on any atom is 0.270 e. The zero-order valence-electron chi connectivity index (χ0n) is 19.7. The number of nitriles is 2. The van der Waals surface area contributed by atoms with E-state index in [2.05, 4.69) is 32.0 Å². The van der Waals surface area contributed by atoms with E-state index >= 15 is 0 Å². The number of nitrogens with zero attached hydrogens (tertiary/aromatic N) is 4. The Bertz CT molecular complexity index is 1300. The second-order valence-corrected chi connectivity index (χ2v) is 7.64. The summed E-state index contributed by atoms with van der Waals surface area (Å²) in [4.78, 5) is 21.6. The molecule has 1 amide bonds. The van der Waals surface area contributed by atoms with Gasteiger partial charge < -0.3 is 20.7 Å². The predicted octanol–water partition coefficient (Wildman–Crippen LogP) is 4.37. The molecule has 176 valence electrons. The summed E-state index contributed by atoms with van der Waals surface area (Å²) in [6.07, 6.45) is 3.18. The second kappa shape index (κ2) is 11.9. The van der Waals surface area contributed by atoms with E-state index in [4.69, 9.17) is 15.3 Å². The van der Waals surface area contributed by atoms with Gasteiger partial charge in [-0.05, 0) is 73.0 Å². The molecule has 0 bridgehead atoms. The third-order valence-electron chi connectivity index (χ3n) is 4.98. The van der Waals surface area contributed by atoms with Crippen molar-refractivity contribution in [2.24, 2.45) is 0 Å². The molecule has 0 aliphatic carbocycles. The van der Waals surface area contributed by atoms with Gasteiger partial charge in [0.1, 0.15) is 11.5 Å². The molecule has 0 saturated heterocycles. The van der Waals surface area contributed by atoms with Gasteiger partial charge in [0.05, 0.1) is 24.3 Å². The summed E-state index contributed by atoms with van der Waals surface area (Å²) in [6.45, 7) is 4.63. The fraction of sp³-hybridized carbons (Fsp3) is 0.192. The molecule has 3 N–H and O–H groups in total. The first-order valence-corrected chi connectivity index (χ1v) is 10.8. The zero-order valence-corrected chi connectivity index (χ0v) is 19.7. The number of allylic oxidation sites excluding steroid dienone is 1. The minimum Gasteiger partial charge on any atom is -0.383 e. The Morgan fingerprint density at radius 3 is 2.40 bits per heavy atom. The van der Waals surface area contributed by atoms with E-state index in [1.165, 1.54) is 6.08 Å². The van der Waals surface area contributed by atoms with Crippen LogP contribution in [0.3, 0.4) is 0 Å². The summed E-state index contributed by atoms with van der Waals surface area (Å²) in [6, 6.07) is 16.4. The molecule has 0 unspecified atom stereocenters. The number of rotatable bonds is 9. The number of methoxy groups -OCH3 is 1. The number of benzene rings is 2. The van der Waals surface area contributed by atoms with E-state index in [-0.39, 0.29) is 17.5 Å². The lowest BCUT2D eigenvalue weighted by Crippen LogP contribution is -2.28. The van der Waals surface area contributed by atoms with Gasteiger partial charge in [0, 0.05) is 37.2 Å². The lowest BCUT2D eigenvalue weighted by molar-refractivity contribution is 0.0932. The molecule has 1 aromatic heterocycles. The molecule has 0 atom stereocenters. The molecule has 3 aromatic rings. The van der Waals surface area contributed by atoms with Crippen molar-refractivity contribution in [1.29, 1.82) is 10.5 Å². The van der Waals surface area contributed by atoms with Crippen LogP contribution in [0.1, 0.15) is 32.7 Å². The lowest BCUT2D eigenvalue weighted by atomic mass is 10.0. The van der Waals surface area contributed by atoms with E-state index in [0.717, 1.165) is 22.4 Å². The Kier molecular flexibility index (Phi) is 8.49. The number of carbonyl (C=O) groups is 1. The number of aryl methyl sites for hydroxylation is 2. The Labute approximate surface area is 204 Å². The second-order valence-electron chi connectivity index (χ2n) is 7.64. The van der Waals surface area contributed by atoms with Crippen LogP contribution in [0.2, 0.25) is 0 Å². The molecule has 9 heteroatoms. The van der Waals surface area contributed by atoms with Crippen LogP contribution in [-0.4, -0.2) is 36.1 Å². The molecule has 9 nitrogen and oxygen atoms in total. The first-order chi connectivity index (χ1) is 16.9. The molecule has 0 radical (unpaired) electrons. The molecule has 0 fully saturated rings. The van der Waals surface area contributed by atoms with E-state index in [1.54, 1.807) is 43.5 Å². The van der Waals surface area contributed by atoms with E-state index in [9.17, 15) is 4.79 Å². The average Bonchev–Trinajstić information content (AvgIpc) is 2.85. The minimum atomic E-state index is -0.360. The molecule has 0 aliphatic heterocycles. The molecule has 1 heterocycles. The Balaban J connectivity index is 1.95. The zero-order chi connectivity index (χ0) is 25.2. The summed E-state index contributed by atoms with van der Waals surface area (Å²) in [5, 5.41) is 27.0. The fourth-order valence-electron chi connectivity index (χ4n) is 3.35. The van der Waals surface area contributed by atoms with E-state index in [1.807, 2.05) is 32.0 Å². The Morgan fingerprint density at radius 1 is 1.06 bits per heavy atom. The van der Waals surface area contributed by atoms with Gasteiger partial charge in [-0.1, -0.05) is 0 Å². The molecular formula is C26H25N7O2. The quantitative estimate of drug-likeness (QED) is 0.312. The van der Waals surface area contributed by atoms with Crippen molar-refractivity contribution in [1.82, 2.24) is 15.3 Å². The van der Waals surface area contributed by atoms with Crippen molar-refractivity contribution in [2.75, 3.05) is 30.9 Å². The molecule has 0 spiro atoms. The first kappa shape index (κ1) is 24.9. The molecule has 2 aromatic carbocycles. The van der Waals surface area contributed by atoms with Gasteiger partial charge in [-0.2, -0.15) is 15.5 Å². The van der Waals surface area contributed by atoms with Gasteiger partial charge in [-0.25, -0.2) is 4.98 Å². The van der Waals surface area contributed by atoms with Gasteiger partial charge in [-0.15, -0.1) is 0 Å². The van der Waals surface area contributed by atoms with Gasteiger partial charge in [0.25, 0.3) is 5.91 Å². The average molecular weight is 468 g/mol. The number of ether oxygens (including phenoxy) is 1. The Morgan fingerprint density at radius 2 is 1.77 bits per heavy atom. The number of aromatic nitrogens is 2. The van der Waals surface area contributed by atoms with E-state index < -0.39 is 0 Å². The standard InChI is InChI=1S/C26H25N7O2/c1-17-13-20(5-4-10-27)14-18(2)24(17)32-23-15-22(25(34)29-11-12-35-3)31-26(33-23)30-21-8-6-19(16-28)7-9-21/h4-9,13-15H,11-12H2,1-3H3,(H,29,34)(H2,30,31,32,33)/b5-4+. The highest BCUT2D eigenvalue weighted by Gasteiger charge is 2.14. The van der Waals surface area contributed by atoms with Crippen molar-refractivity contribution >= 4 is 35.1 Å². The summed E-state index contributed by atoms with van der Waals surface area (Å²) in [5.41, 5.74) is 5.04. The third kappa shape index (κ3) is 6.87. The van der Waals surface area contributed by atoms with Crippen molar-refractivity contribution < 1.29 is 9.53 Å². The number of amides is 1. The highest BCUT2D eigenvalue weighted by molar-refractivity contribution is 5.93.